The Balaban J connectivity index is 1.79. The Kier molecular flexibility index (Phi) is 8.39. The topological polar surface area (TPSA) is 96.9 Å². The molecule has 0 saturated heterocycles. The highest BCUT2D eigenvalue weighted by Crippen LogP contribution is 2.24. The summed E-state index contributed by atoms with van der Waals surface area (Å²) in [4.78, 5) is 23.2. The Bertz CT molecular complexity index is 627. The van der Waals surface area contributed by atoms with Crippen molar-refractivity contribution in [2.24, 2.45) is 5.92 Å². The second-order valence-corrected chi connectivity index (χ2v) is 6.87. The Morgan fingerprint density at radius 1 is 1.19 bits per heavy atom. The highest BCUT2D eigenvalue weighted by molar-refractivity contribution is 5.74. The molecule has 3 N–H and O–H groups in total. The summed E-state index contributed by atoms with van der Waals surface area (Å²) in [6, 6.07) is 5.67. The van der Waals surface area contributed by atoms with E-state index in [0.717, 1.165) is 16.9 Å². The lowest BCUT2D eigenvalue weighted by Crippen LogP contribution is -2.43. The van der Waals surface area contributed by atoms with E-state index in [0.29, 0.717) is 52.0 Å². The van der Waals surface area contributed by atoms with Gasteiger partial charge in [0, 0.05) is 24.8 Å². The van der Waals surface area contributed by atoms with E-state index in [2.05, 4.69) is 10.6 Å². The number of amides is 2. The van der Waals surface area contributed by atoms with Crippen molar-refractivity contribution in [1.82, 2.24) is 10.6 Å². The van der Waals surface area contributed by atoms with E-state index in [1.165, 1.54) is 0 Å². The van der Waals surface area contributed by atoms with E-state index in [9.17, 15) is 9.59 Å². The van der Waals surface area contributed by atoms with Gasteiger partial charge in [-0.05, 0) is 51.2 Å². The number of ether oxygens (including phenoxy) is 2. The second-order valence-electron chi connectivity index (χ2n) is 6.87. The summed E-state index contributed by atoms with van der Waals surface area (Å²) in [6.45, 7) is 5.93. The van der Waals surface area contributed by atoms with Crippen molar-refractivity contribution in [3.05, 3.63) is 29.3 Å². The van der Waals surface area contributed by atoms with Crippen LogP contribution in [0.4, 0.5) is 4.79 Å². The number of carbonyl (C=O) groups is 2. The first-order valence-electron chi connectivity index (χ1n) is 9.56. The van der Waals surface area contributed by atoms with Gasteiger partial charge in [0.25, 0.3) is 0 Å². The highest BCUT2D eigenvalue weighted by atomic mass is 16.5. The molecule has 1 aromatic rings. The molecule has 0 aromatic heterocycles. The largest absolute Gasteiger partial charge is 0.491 e. The van der Waals surface area contributed by atoms with E-state index in [4.69, 9.17) is 14.6 Å². The quantitative estimate of drug-likeness (QED) is 0.574. The lowest BCUT2D eigenvalue weighted by molar-refractivity contribution is -0.142. The maximum absolute atomic E-state index is 12.2. The van der Waals surface area contributed by atoms with Gasteiger partial charge in [-0.15, -0.1) is 0 Å². The SMILES string of the molecule is CCOCCOc1cc(C)ccc1CNC(=O)NC1CCC(C(=O)O)CC1. The molecule has 0 spiro atoms. The number of nitrogens with one attached hydrogen (secondary N) is 2. The smallest absolute Gasteiger partial charge is 0.315 e. The Morgan fingerprint density at radius 2 is 1.93 bits per heavy atom. The number of benzene rings is 1. The van der Waals surface area contributed by atoms with Crippen LogP contribution in [0.5, 0.6) is 5.75 Å². The molecule has 1 aliphatic rings. The Hall–Kier alpha value is -2.28. The third-order valence-corrected chi connectivity index (χ3v) is 4.76. The minimum atomic E-state index is -0.742. The van der Waals surface area contributed by atoms with Crippen LogP contribution in [0, 0.1) is 12.8 Å². The molecule has 1 aliphatic carbocycles. The summed E-state index contributed by atoms with van der Waals surface area (Å²) in [5.74, 6) is -0.277. The van der Waals surface area contributed by atoms with Crippen LogP contribution in [0.1, 0.15) is 43.7 Å². The van der Waals surface area contributed by atoms with Crippen LogP contribution < -0.4 is 15.4 Å². The Labute approximate surface area is 160 Å². The minimum Gasteiger partial charge on any atom is -0.491 e. The molecule has 7 nitrogen and oxygen atoms in total. The predicted molar refractivity (Wildman–Crippen MR) is 102 cm³/mol. The zero-order valence-corrected chi connectivity index (χ0v) is 16.1. The molecule has 27 heavy (non-hydrogen) atoms. The van der Waals surface area contributed by atoms with Crippen LogP contribution in [0.3, 0.4) is 0 Å². The highest BCUT2D eigenvalue weighted by Gasteiger charge is 2.26. The lowest BCUT2D eigenvalue weighted by atomic mass is 9.86. The number of urea groups is 1. The van der Waals surface area contributed by atoms with Crippen molar-refractivity contribution < 1.29 is 24.2 Å². The lowest BCUT2D eigenvalue weighted by Gasteiger charge is -2.26. The molecular weight excluding hydrogens is 348 g/mol. The van der Waals surface area contributed by atoms with E-state index in [1.54, 1.807) is 0 Å². The van der Waals surface area contributed by atoms with Gasteiger partial charge in [-0.3, -0.25) is 4.79 Å². The molecular formula is C20H30N2O5. The first kappa shape index (κ1) is 21.0. The van der Waals surface area contributed by atoms with E-state index >= 15 is 0 Å². The number of aryl methyl sites for hydroxylation is 1. The summed E-state index contributed by atoms with van der Waals surface area (Å²) >= 11 is 0. The average molecular weight is 378 g/mol. The molecule has 7 heteroatoms. The number of aliphatic carboxylic acids is 1. The van der Waals surface area contributed by atoms with Gasteiger partial charge >= 0.3 is 12.0 Å². The fraction of sp³-hybridized carbons (Fsp3) is 0.600. The first-order valence-corrected chi connectivity index (χ1v) is 9.56. The summed E-state index contributed by atoms with van der Waals surface area (Å²) in [5, 5.41) is 14.8. The molecule has 1 saturated carbocycles. The summed E-state index contributed by atoms with van der Waals surface area (Å²) in [5.41, 5.74) is 1.99. The second kappa shape index (κ2) is 10.8. The predicted octanol–water partition coefficient (Wildman–Crippen LogP) is 2.85. The summed E-state index contributed by atoms with van der Waals surface area (Å²) < 4.78 is 11.1. The molecule has 0 heterocycles. The molecule has 1 aromatic carbocycles. The van der Waals surface area contributed by atoms with Crippen molar-refractivity contribution in [2.45, 2.75) is 52.1 Å². The average Bonchev–Trinajstić information content (AvgIpc) is 2.65. The number of hydrogen-bond donors (Lipinski definition) is 3. The maximum atomic E-state index is 12.2. The van der Waals surface area contributed by atoms with E-state index in [-0.39, 0.29) is 18.0 Å². The van der Waals surface area contributed by atoms with Gasteiger partial charge in [0.05, 0.1) is 12.5 Å². The molecule has 1 fully saturated rings. The number of carboxylic acids is 1. The van der Waals surface area contributed by atoms with Gasteiger partial charge in [0.15, 0.2) is 0 Å². The van der Waals surface area contributed by atoms with Crippen molar-refractivity contribution in [1.29, 1.82) is 0 Å². The van der Waals surface area contributed by atoms with Crippen LogP contribution in [-0.2, 0) is 16.1 Å². The maximum Gasteiger partial charge on any atom is 0.315 e. The van der Waals surface area contributed by atoms with Gasteiger partial charge in [0.1, 0.15) is 12.4 Å². The fourth-order valence-electron chi connectivity index (χ4n) is 3.19. The third kappa shape index (κ3) is 7.09. The van der Waals surface area contributed by atoms with Gasteiger partial charge < -0.3 is 25.2 Å². The molecule has 0 bridgehead atoms. The standard InChI is InChI=1S/C20H30N2O5/c1-3-26-10-11-27-18-12-14(2)4-5-16(18)13-21-20(25)22-17-8-6-15(7-9-17)19(23)24/h4-5,12,15,17H,3,6-11,13H2,1-2H3,(H,23,24)(H2,21,22,25). The number of carbonyl (C=O) groups excluding carboxylic acids is 1. The van der Waals surface area contributed by atoms with Crippen molar-refractivity contribution >= 4 is 12.0 Å². The first-order chi connectivity index (χ1) is 13.0. The zero-order valence-electron chi connectivity index (χ0n) is 16.1. The number of hydrogen-bond acceptors (Lipinski definition) is 4. The minimum absolute atomic E-state index is 0.0283. The van der Waals surface area contributed by atoms with Crippen LogP contribution >= 0.6 is 0 Å². The van der Waals surface area contributed by atoms with Gasteiger partial charge in [-0.25, -0.2) is 4.79 Å². The van der Waals surface area contributed by atoms with Gasteiger partial charge in [-0.2, -0.15) is 0 Å². The molecule has 0 radical (unpaired) electrons. The van der Waals surface area contributed by atoms with Crippen LogP contribution in [0.25, 0.3) is 0 Å². The molecule has 150 valence electrons. The summed E-state index contributed by atoms with van der Waals surface area (Å²) in [7, 11) is 0. The summed E-state index contributed by atoms with van der Waals surface area (Å²) in [6.07, 6.45) is 2.60. The van der Waals surface area contributed by atoms with Crippen LogP contribution in [0.2, 0.25) is 0 Å². The molecule has 0 atom stereocenters. The van der Waals surface area contributed by atoms with Crippen molar-refractivity contribution in [3.63, 3.8) is 0 Å². The van der Waals surface area contributed by atoms with E-state index in [1.807, 2.05) is 32.0 Å². The molecule has 0 aliphatic heterocycles. The van der Waals surface area contributed by atoms with Crippen LogP contribution in [-0.4, -0.2) is 43.0 Å². The number of carboxylic acid groups (broad SMARTS) is 1. The number of rotatable bonds is 9. The van der Waals surface area contributed by atoms with E-state index < -0.39 is 5.97 Å². The van der Waals surface area contributed by atoms with Crippen molar-refractivity contribution in [2.75, 3.05) is 19.8 Å². The van der Waals surface area contributed by atoms with Crippen LogP contribution in [0.15, 0.2) is 18.2 Å². The van der Waals surface area contributed by atoms with Gasteiger partial charge in [0.2, 0.25) is 0 Å². The molecule has 2 amide bonds. The Morgan fingerprint density at radius 3 is 2.59 bits per heavy atom. The fourth-order valence-corrected chi connectivity index (χ4v) is 3.19. The zero-order chi connectivity index (χ0) is 19.6. The van der Waals surface area contributed by atoms with Gasteiger partial charge in [-0.1, -0.05) is 12.1 Å². The third-order valence-electron chi connectivity index (χ3n) is 4.76. The monoisotopic (exact) mass is 378 g/mol. The normalized spacial score (nSPS) is 19.3. The van der Waals surface area contributed by atoms with Crippen molar-refractivity contribution in [3.8, 4) is 5.75 Å². The molecule has 2 rings (SSSR count). The molecule has 0 unspecified atom stereocenters.